The lowest BCUT2D eigenvalue weighted by atomic mass is 10.2. The van der Waals surface area contributed by atoms with E-state index in [0.29, 0.717) is 12.1 Å². The van der Waals surface area contributed by atoms with E-state index in [4.69, 9.17) is 0 Å². The molecule has 1 amide bonds. The number of aromatic nitrogens is 1. The number of hydrogen-bond acceptors (Lipinski definition) is 3. The molecule has 21 heavy (non-hydrogen) atoms. The third-order valence-corrected chi connectivity index (χ3v) is 3.24. The molecular weight excluding hydrogens is 262 g/mol. The quantitative estimate of drug-likeness (QED) is 0.793. The van der Waals surface area contributed by atoms with Crippen LogP contribution in [0.1, 0.15) is 22.3 Å². The molecule has 0 bridgehead atoms. The summed E-state index contributed by atoms with van der Waals surface area (Å²) in [6.45, 7) is 2.56. The van der Waals surface area contributed by atoms with Crippen LogP contribution in [0.4, 0.5) is 0 Å². The van der Waals surface area contributed by atoms with E-state index < -0.39 is 0 Å². The zero-order valence-electron chi connectivity index (χ0n) is 12.3. The number of amides is 1. The van der Waals surface area contributed by atoms with E-state index in [-0.39, 0.29) is 5.91 Å². The van der Waals surface area contributed by atoms with Crippen LogP contribution in [0, 0.1) is 0 Å². The van der Waals surface area contributed by atoms with Gasteiger partial charge in [-0.15, -0.1) is 0 Å². The van der Waals surface area contributed by atoms with Crippen molar-refractivity contribution in [3.05, 3.63) is 66.0 Å². The number of nitrogens with one attached hydrogen (secondary N) is 1. The Kier molecular flexibility index (Phi) is 5.91. The molecule has 0 fully saturated rings. The third kappa shape index (κ3) is 5.36. The number of carbonyl (C=O) groups excluding carboxylic acids is 1. The van der Waals surface area contributed by atoms with Crippen molar-refractivity contribution in [3.63, 3.8) is 0 Å². The molecule has 1 heterocycles. The van der Waals surface area contributed by atoms with Crippen LogP contribution in [-0.2, 0) is 6.54 Å². The highest BCUT2D eigenvalue weighted by atomic mass is 16.1. The predicted octanol–water partition coefficient (Wildman–Crippen LogP) is 2.33. The Balaban J connectivity index is 1.64. The molecule has 2 rings (SSSR count). The second kappa shape index (κ2) is 8.17. The molecule has 2 aromatic rings. The molecule has 0 aliphatic rings. The predicted molar refractivity (Wildman–Crippen MR) is 84.0 cm³/mol. The fraction of sp³-hybridized carbons (Fsp3) is 0.294. The monoisotopic (exact) mass is 283 g/mol. The third-order valence-electron chi connectivity index (χ3n) is 3.24. The summed E-state index contributed by atoms with van der Waals surface area (Å²) in [7, 11) is 2.09. The molecule has 0 radical (unpaired) electrons. The number of nitrogens with zero attached hydrogens (tertiary/aromatic N) is 2. The molecule has 0 aliphatic heterocycles. The maximum atomic E-state index is 11.8. The van der Waals surface area contributed by atoms with Gasteiger partial charge in [-0.2, -0.15) is 0 Å². The lowest BCUT2D eigenvalue weighted by Crippen LogP contribution is -2.28. The van der Waals surface area contributed by atoms with E-state index in [2.05, 4.69) is 46.5 Å². The Morgan fingerprint density at radius 3 is 2.57 bits per heavy atom. The number of rotatable bonds is 7. The van der Waals surface area contributed by atoms with Gasteiger partial charge in [-0.1, -0.05) is 30.3 Å². The van der Waals surface area contributed by atoms with E-state index in [0.717, 1.165) is 19.5 Å². The minimum Gasteiger partial charge on any atom is -0.352 e. The van der Waals surface area contributed by atoms with E-state index in [1.807, 2.05) is 6.07 Å². The van der Waals surface area contributed by atoms with Crippen molar-refractivity contribution in [3.8, 4) is 0 Å². The van der Waals surface area contributed by atoms with Gasteiger partial charge in [-0.3, -0.25) is 9.78 Å². The van der Waals surface area contributed by atoms with Crippen LogP contribution in [0.5, 0.6) is 0 Å². The van der Waals surface area contributed by atoms with Gasteiger partial charge in [-0.05, 0) is 37.7 Å². The van der Waals surface area contributed by atoms with Crippen molar-refractivity contribution in [1.82, 2.24) is 15.2 Å². The second-order valence-corrected chi connectivity index (χ2v) is 5.07. The average molecular weight is 283 g/mol. The van der Waals surface area contributed by atoms with Crippen LogP contribution < -0.4 is 5.32 Å². The molecule has 1 aromatic heterocycles. The molecule has 0 spiro atoms. The second-order valence-electron chi connectivity index (χ2n) is 5.07. The van der Waals surface area contributed by atoms with E-state index >= 15 is 0 Å². The lowest BCUT2D eigenvalue weighted by Gasteiger charge is -2.16. The SMILES string of the molecule is CN(CCCNC(=O)c1ccncc1)Cc1ccccc1. The van der Waals surface area contributed by atoms with Crippen LogP contribution in [0.3, 0.4) is 0 Å². The van der Waals surface area contributed by atoms with Gasteiger partial charge in [0, 0.05) is 31.0 Å². The molecular formula is C17H21N3O. The van der Waals surface area contributed by atoms with Crippen molar-refractivity contribution in [2.24, 2.45) is 0 Å². The molecule has 0 saturated heterocycles. The Labute approximate surface area is 125 Å². The largest absolute Gasteiger partial charge is 0.352 e. The standard InChI is InChI=1S/C17H21N3O/c1-20(14-15-6-3-2-4-7-15)13-5-10-19-17(21)16-8-11-18-12-9-16/h2-4,6-9,11-12H,5,10,13-14H2,1H3,(H,19,21). The molecule has 1 N–H and O–H groups in total. The zero-order valence-corrected chi connectivity index (χ0v) is 12.3. The van der Waals surface area contributed by atoms with Gasteiger partial charge in [0.1, 0.15) is 0 Å². The first-order chi connectivity index (χ1) is 10.3. The van der Waals surface area contributed by atoms with Crippen molar-refractivity contribution < 1.29 is 4.79 Å². The highest BCUT2D eigenvalue weighted by molar-refractivity contribution is 5.93. The maximum Gasteiger partial charge on any atom is 0.251 e. The van der Waals surface area contributed by atoms with E-state index in [1.165, 1.54) is 5.56 Å². The summed E-state index contributed by atoms with van der Waals surface area (Å²) in [6, 6.07) is 13.8. The van der Waals surface area contributed by atoms with Gasteiger partial charge in [0.2, 0.25) is 0 Å². The summed E-state index contributed by atoms with van der Waals surface area (Å²) in [5.74, 6) is -0.0388. The van der Waals surface area contributed by atoms with Crippen LogP contribution >= 0.6 is 0 Å². The summed E-state index contributed by atoms with van der Waals surface area (Å²) in [5, 5.41) is 2.92. The summed E-state index contributed by atoms with van der Waals surface area (Å²) < 4.78 is 0. The zero-order chi connectivity index (χ0) is 14.9. The fourth-order valence-corrected chi connectivity index (χ4v) is 2.13. The summed E-state index contributed by atoms with van der Waals surface area (Å²) in [4.78, 5) is 18.0. The summed E-state index contributed by atoms with van der Waals surface area (Å²) >= 11 is 0. The number of hydrogen-bond donors (Lipinski definition) is 1. The van der Waals surface area contributed by atoms with E-state index in [1.54, 1.807) is 24.5 Å². The molecule has 4 nitrogen and oxygen atoms in total. The Bertz CT molecular complexity index is 542. The normalized spacial score (nSPS) is 10.6. The topological polar surface area (TPSA) is 45.2 Å². The summed E-state index contributed by atoms with van der Waals surface area (Å²) in [5.41, 5.74) is 1.96. The number of carbonyl (C=O) groups is 1. The number of pyridine rings is 1. The fourth-order valence-electron chi connectivity index (χ4n) is 2.13. The van der Waals surface area contributed by atoms with Gasteiger partial charge in [-0.25, -0.2) is 0 Å². The summed E-state index contributed by atoms with van der Waals surface area (Å²) in [6.07, 6.45) is 4.19. The van der Waals surface area contributed by atoms with Gasteiger partial charge in [0.15, 0.2) is 0 Å². The molecule has 110 valence electrons. The van der Waals surface area contributed by atoms with Crippen molar-refractivity contribution >= 4 is 5.91 Å². The average Bonchev–Trinajstić information content (AvgIpc) is 2.53. The molecule has 0 aliphatic carbocycles. The minimum absolute atomic E-state index is 0.0388. The highest BCUT2D eigenvalue weighted by Crippen LogP contribution is 2.02. The number of benzene rings is 1. The maximum absolute atomic E-state index is 11.8. The Morgan fingerprint density at radius 2 is 1.86 bits per heavy atom. The van der Waals surface area contributed by atoms with Crippen molar-refractivity contribution in [2.75, 3.05) is 20.1 Å². The molecule has 0 unspecified atom stereocenters. The minimum atomic E-state index is -0.0388. The Hall–Kier alpha value is -2.20. The van der Waals surface area contributed by atoms with E-state index in [9.17, 15) is 4.79 Å². The van der Waals surface area contributed by atoms with Crippen LogP contribution in [0.2, 0.25) is 0 Å². The molecule has 1 aromatic carbocycles. The van der Waals surface area contributed by atoms with Crippen LogP contribution in [0.25, 0.3) is 0 Å². The van der Waals surface area contributed by atoms with Gasteiger partial charge >= 0.3 is 0 Å². The highest BCUT2D eigenvalue weighted by Gasteiger charge is 2.04. The Morgan fingerprint density at radius 1 is 1.14 bits per heavy atom. The smallest absolute Gasteiger partial charge is 0.251 e. The first-order valence-electron chi connectivity index (χ1n) is 7.16. The van der Waals surface area contributed by atoms with Crippen LogP contribution in [0.15, 0.2) is 54.9 Å². The van der Waals surface area contributed by atoms with Crippen molar-refractivity contribution in [2.45, 2.75) is 13.0 Å². The van der Waals surface area contributed by atoms with Gasteiger partial charge in [0.05, 0.1) is 0 Å². The first kappa shape index (κ1) is 15.2. The first-order valence-corrected chi connectivity index (χ1v) is 7.16. The molecule has 0 saturated carbocycles. The lowest BCUT2D eigenvalue weighted by molar-refractivity contribution is 0.0952. The van der Waals surface area contributed by atoms with Gasteiger partial charge < -0.3 is 10.2 Å². The van der Waals surface area contributed by atoms with Crippen molar-refractivity contribution in [1.29, 1.82) is 0 Å². The molecule has 0 atom stereocenters. The van der Waals surface area contributed by atoms with Crippen LogP contribution in [-0.4, -0.2) is 35.9 Å². The molecule has 4 heteroatoms. The van der Waals surface area contributed by atoms with Gasteiger partial charge in [0.25, 0.3) is 5.91 Å².